The molecule has 1 aromatic heterocycles. The van der Waals surface area contributed by atoms with Crippen LogP contribution in [0.3, 0.4) is 0 Å². The Bertz CT molecular complexity index is 423. The monoisotopic (exact) mass is 277 g/mol. The van der Waals surface area contributed by atoms with Crippen molar-refractivity contribution in [3.05, 3.63) is 18.2 Å². The zero-order chi connectivity index (χ0) is 13.8. The molecule has 1 N–H and O–H groups in total. The number of hydrogen-bond donors (Lipinski definition) is 1. The molecule has 0 amide bonds. The van der Waals surface area contributed by atoms with Crippen molar-refractivity contribution in [3.63, 3.8) is 0 Å². The minimum atomic E-state index is 0.235. The summed E-state index contributed by atoms with van der Waals surface area (Å²) in [5, 5.41) is 3.16. The van der Waals surface area contributed by atoms with Crippen LogP contribution in [0, 0.1) is 0 Å². The lowest BCUT2D eigenvalue weighted by atomic mass is 9.83. The fourth-order valence-corrected chi connectivity index (χ4v) is 3.71. The molecule has 4 heteroatoms. The summed E-state index contributed by atoms with van der Waals surface area (Å²) in [5.41, 5.74) is 1.41. The van der Waals surface area contributed by atoms with Crippen LogP contribution in [-0.4, -0.2) is 34.8 Å². The van der Waals surface area contributed by atoms with Crippen molar-refractivity contribution in [2.75, 3.05) is 13.6 Å². The number of rotatable bonds is 5. The predicted molar refractivity (Wildman–Crippen MR) is 79.8 cm³/mol. The molecule has 1 unspecified atom stereocenters. The number of likely N-dealkylation sites (N-methyl/N-ethyl adjacent to an activating group) is 1. The van der Waals surface area contributed by atoms with Gasteiger partial charge in [0, 0.05) is 25.7 Å². The van der Waals surface area contributed by atoms with Crippen LogP contribution in [0.5, 0.6) is 0 Å². The van der Waals surface area contributed by atoms with E-state index in [0.717, 1.165) is 19.5 Å². The second-order valence-electron chi connectivity index (χ2n) is 6.44. The first-order valence-corrected chi connectivity index (χ1v) is 8.13. The van der Waals surface area contributed by atoms with Crippen molar-refractivity contribution >= 4 is 0 Å². The highest BCUT2D eigenvalue weighted by Gasteiger charge is 2.40. The van der Waals surface area contributed by atoms with Crippen LogP contribution in [0.1, 0.15) is 50.6 Å². The summed E-state index contributed by atoms with van der Waals surface area (Å²) in [6.07, 6.45) is 14.7. The van der Waals surface area contributed by atoms with Crippen LogP contribution >= 0.6 is 0 Å². The quantitative estimate of drug-likeness (QED) is 0.899. The Morgan fingerprint density at radius 1 is 1.35 bits per heavy atom. The molecule has 1 aliphatic heterocycles. The molecule has 20 heavy (non-hydrogen) atoms. The average molecular weight is 277 g/mol. The third kappa shape index (κ3) is 3.23. The van der Waals surface area contributed by atoms with Gasteiger partial charge in [0.25, 0.3) is 0 Å². The molecule has 1 spiro atoms. The zero-order valence-electron chi connectivity index (χ0n) is 12.6. The summed E-state index contributed by atoms with van der Waals surface area (Å²) in [4.78, 5) is 4.47. The smallest absolute Gasteiger partial charge is 0.0950 e. The highest BCUT2D eigenvalue weighted by atomic mass is 16.5. The van der Waals surface area contributed by atoms with Gasteiger partial charge in [-0.05, 0) is 32.7 Å². The maximum Gasteiger partial charge on any atom is 0.0950 e. The van der Waals surface area contributed by atoms with Gasteiger partial charge >= 0.3 is 0 Å². The van der Waals surface area contributed by atoms with E-state index in [4.69, 9.17) is 4.74 Å². The first-order chi connectivity index (χ1) is 9.80. The maximum absolute atomic E-state index is 6.42. The topological polar surface area (TPSA) is 39.1 Å². The van der Waals surface area contributed by atoms with Crippen LogP contribution in [0.2, 0.25) is 0 Å². The van der Waals surface area contributed by atoms with Crippen LogP contribution in [0.15, 0.2) is 12.5 Å². The molecule has 1 aliphatic carbocycles. The Labute approximate surface area is 121 Å². The minimum absolute atomic E-state index is 0.235. The lowest BCUT2D eigenvalue weighted by Gasteiger charge is -2.33. The van der Waals surface area contributed by atoms with E-state index in [1.54, 1.807) is 0 Å². The molecule has 2 heterocycles. The number of aromatic nitrogens is 2. The first kappa shape index (κ1) is 14.1. The van der Waals surface area contributed by atoms with Crippen LogP contribution in [-0.2, 0) is 17.7 Å². The summed E-state index contributed by atoms with van der Waals surface area (Å²) < 4.78 is 8.63. The van der Waals surface area contributed by atoms with Gasteiger partial charge in [0.2, 0.25) is 0 Å². The summed E-state index contributed by atoms with van der Waals surface area (Å²) in [6.45, 7) is 1.95. The summed E-state index contributed by atoms with van der Waals surface area (Å²) >= 11 is 0. The van der Waals surface area contributed by atoms with E-state index in [9.17, 15) is 0 Å². The Morgan fingerprint density at radius 2 is 2.20 bits per heavy atom. The third-order valence-corrected chi connectivity index (χ3v) is 4.84. The van der Waals surface area contributed by atoms with Gasteiger partial charge in [-0.25, -0.2) is 4.98 Å². The van der Waals surface area contributed by atoms with Gasteiger partial charge in [-0.1, -0.05) is 19.3 Å². The van der Waals surface area contributed by atoms with Gasteiger partial charge in [-0.3, -0.25) is 0 Å². The summed E-state index contributed by atoms with van der Waals surface area (Å²) in [7, 11) is 1.98. The van der Waals surface area contributed by atoms with Crippen molar-refractivity contribution in [2.24, 2.45) is 0 Å². The third-order valence-electron chi connectivity index (χ3n) is 4.84. The van der Waals surface area contributed by atoms with Crippen molar-refractivity contribution in [1.29, 1.82) is 0 Å². The Hall–Kier alpha value is -0.870. The van der Waals surface area contributed by atoms with Crippen molar-refractivity contribution < 1.29 is 4.74 Å². The van der Waals surface area contributed by atoms with Gasteiger partial charge in [-0.2, -0.15) is 0 Å². The van der Waals surface area contributed by atoms with E-state index < -0.39 is 0 Å². The molecule has 0 bridgehead atoms. The van der Waals surface area contributed by atoms with Crippen LogP contribution in [0.25, 0.3) is 0 Å². The fraction of sp³-hybridized carbons (Fsp3) is 0.812. The van der Waals surface area contributed by atoms with Gasteiger partial charge in [0.15, 0.2) is 0 Å². The predicted octanol–water partition coefficient (Wildman–Crippen LogP) is 2.53. The SMILES string of the molecule is CNCCc1cn(CC2CCC3(CCCCC3)O2)cn1. The lowest BCUT2D eigenvalue weighted by Crippen LogP contribution is -2.32. The normalized spacial score (nSPS) is 25.4. The average Bonchev–Trinajstić information content (AvgIpc) is 3.06. The Balaban J connectivity index is 1.52. The first-order valence-electron chi connectivity index (χ1n) is 8.13. The highest BCUT2D eigenvalue weighted by Crippen LogP contribution is 2.42. The molecule has 2 aliphatic rings. The number of hydrogen-bond acceptors (Lipinski definition) is 3. The molecule has 2 fully saturated rings. The molecular formula is C16H27N3O. The largest absolute Gasteiger partial charge is 0.370 e. The molecule has 1 atom stereocenters. The highest BCUT2D eigenvalue weighted by molar-refractivity contribution is 4.98. The lowest BCUT2D eigenvalue weighted by molar-refractivity contribution is -0.0679. The van der Waals surface area contributed by atoms with E-state index >= 15 is 0 Å². The fourth-order valence-electron chi connectivity index (χ4n) is 3.71. The van der Waals surface area contributed by atoms with E-state index in [-0.39, 0.29) is 5.60 Å². The Morgan fingerprint density at radius 3 is 3.00 bits per heavy atom. The molecule has 3 rings (SSSR count). The van der Waals surface area contributed by atoms with E-state index in [0.29, 0.717) is 6.10 Å². The number of imidazole rings is 1. The molecule has 1 aromatic rings. The van der Waals surface area contributed by atoms with Crippen LogP contribution in [0.4, 0.5) is 0 Å². The van der Waals surface area contributed by atoms with Crippen molar-refractivity contribution in [2.45, 2.75) is 69.6 Å². The van der Waals surface area contributed by atoms with Gasteiger partial charge in [0.05, 0.1) is 23.7 Å². The number of ether oxygens (including phenoxy) is 1. The maximum atomic E-state index is 6.42. The molecule has 4 nitrogen and oxygen atoms in total. The van der Waals surface area contributed by atoms with E-state index in [1.807, 2.05) is 13.4 Å². The van der Waals surface area contributed by atoms with Crippen molar-refractivity contribution in [1.82, 2.24) is 14.9 Å². The molecule has 1 saturated carbocycles. The minimum Gasteiger partial charge on any atom is -0.370 e. The van der Waals surface area contributed by atoms with Gasteiger partial charge in [-0.15, -0.1) is 0 Å². The summed E-state index contributed by atoms with van der Waals surface area (Å²) in [6, 6.07) is 0. The second-order valence-corrected chi connectivity index (χ2v) is 6.44. The number of nitrogens with zero attached hydrogens (tertiary/aromatic N) is 2. The molecule has 0 aromatic carbocycles. The zero-order valence-corrected chi connectivity index (χ0v) is 12.6. The van der Waals surface area contributed by atoms with Crippen molar-refractivity contribution in [3.8, 4) is 0 Å². The number of nitrogens with one attached hydrogen (secondary N) is 1. The van der Waals surface area contributed by atoms with Gasteiger partial charge < -0.3 is 14.6 Å². The molecule has 1 saturated heterocycles. The second kappa shape index (κ2) is 6.27. The standard InChI is InChI=1S/C16H27N3O/c1-17-10-6-14-11-19(13-18-14)12-15-5-9-16(20-15)7-3-2-4-8-16/h11,13,15,17H,2-10,12H2,1H3. The van der Waals surface area contributed by atoms with Crippen LogP contribution < -0.4 is 5.32 Å². The Kier molecular flexibility index (Phi) is 4.41. The molecular weight excluding hydrogens is 250 g/mol. The molecule has 112 valence electrons. The van der Waals surface area contributed by atoms with E-state index in [1.165, 1.54) is 50.6 Å². The molecule has 0 radical (unpaired) electrons. The summed E-state index contributed by atoms with van der Waals surface area (Å²) in [5.74, 6) is 0. The van der Waals surface area contributed by atoms with E-state index in [2.05, 4.69) is 21.1 Å². The van der Waals surface area contributed by atoms with Gasteiger partial charge in [0.1, 0.15) is 0 Å².